The molecule has 2 aromatic heterocycles. The van der Waals surface area contributed by atoms with Crippen LogP contribution in [0, 0.1) is 6.92 Å². The van der Waals surface area contributed by atoms with E-state index in [9.17, 15) is 27.9 Å². The van der Waals surface area contributed by atoms with Crippen LogP contribution in [0.3, 0.4) is 0 Å². The molecule has 41 heavy (non-hydrogen) atoms. The SMILES string of the molecule is Cc1ccc(C(=O)N(c2ccc(Oc3ncc(CSc4ccccn4)cc3C(F)(F)F)cc2C(=O)O)C(C)C)cc1. The average molecular weight is 582 g/mol. The quantitative estimate of drug-likeness (QED) is 0.203. The van der Waals surface area contributed by atoms with Crippen LogP contribution in [-0.2, 0) is 11.9 Å². The Balaban J connectivity index is 1.65. The molecular formula is C30H26F3N3O4S. The summed E-state index contributed by atoms with van der Waals surface area (Å²) in [6.45, 7) is 5.34. The van der Waals surface area contributed by atoms with E-state index in [2.05, 4.69) is 9.97 Å². The highest BCUT2D eigenvalue weighted by molar-refractivity contribution is 7.98. The molecule has 0 saturated heterocycles. The number of pyridine rings is 2. The predicted molar refractivity (Wildman–Crippen MR) is 150 cm³/mol. The van der Waals surface area contributed by atoms with Gasteiger partial charge in [-0.1, -0.05) is 23.8 Å². The van der Waals surface area contributed by atoms with E-state index < -0.39 is 35.5 Å². The maximum Gasteiger partial charge on any atom is 0.421 e. The predicted octanol–water partition coefficient (Wildman–Crippen LogP) is 7.64. The van der Waals surface area contributed by atoms with Crippen LogP contribution >= 0.6 is 11.8 Å². The van der Waals surface area contributed by atoms with Crippen molar-refractivity contribution < 1.29 is 32.6 Å². The summed E-state index contributed by atoms with van der Waals surface area (Å²) >= 11 is 1.26. The largest absolute Gasteiger partial charge is 0.478 e. The Morgan fingerprint density at radius 2 is 1.76 bits per heavy atom. The summed E-state index contributed by atoms with van der Waals surface area (Å²) in [4.78, 5) is 34.9. The molecule has 4 aromatic rings. The lowest BCUT2D eigenvalue weighted by molar-refractivity contribution is -0.138. The number of aromatic nitrogens is 2. The second-order valence-electron chi connectivity index (χ2n) is 9.37. The van der Waals surface area contributed by atoms with E-state index in [1.54, 1.807) is 62.5 Å². The van der Waals surface area contributed by atoms with Crippen LogP contribution in [0.1, 0.15) is 51.3 Å². The molecule has 11 heteroatoms. The Morgan fingerprint density at radius 1 is 1.02 bits per heavy atom. The van der Waals surface area contributed by atoms with Gasteiger partial charge in [0.2, 0.25) is 5.88 Å². The molecule has 0 spiro atoms. The van der Waals surface area contributed by atoms with Gasteiger partial charge in [-0.2, -0.15) is 13.2 Å². The minimum Gasteiger partial charge on any atom is -0.478 e. The van der Waals surface area contributed by atoms with Crippen LogP contribution in [-0.4, -0.2) is 33.0 Å². The molecule has 0 aliphatic rings. The number of carbonyl (C=O) groups is 2. The highest BCUT2D eigenvalue weighted by Gasteiger charge is 2.36. The van der Waals surface area contributed by atoms with Crippen LogP contribution in [0.2, 0.25) is 0 Å². The first-order valence-electron chi connectivity index (χ1n) is 12.5. The van der Waals surface area contributed by atoms with Crippen LogP contribution < -0.4 is 9.64 Å². The zero-order valence-electron chi connectivity index (χ0n) is 22.3. The highest BCUT2D eigenvalue weighted by atomic mass is 32.2. The van der Waals surface area contributed by atoms with E-state index >= 15 is 0 Å². The Bertz CT molecular complexity index is 1550. The number of halogens is 3. The summed E-state index contributed by atoms with van der Waals surface area (Å²) in [5, 5.41) is 10.6. The van der Waals surface area contributed by atoms with Crippen molar-refractivity contribution in [3.05, 3.63) is 107 Å². The molecule has 1 amide bonds. The molecule has 0 aliphatic carbocycles. The Labute approximate surface area is 239 Å². The number of alkyl halides is 3. The van der Waals surface area contributed by atoms with Gasteiger partial charge < -0.3 is 14.7 Å². The first kappa shape index (κ1) is 29.6. The summed E-state index contributed by atoms with van der Waals surface area (Å²) in [5.74, 6) is -2.49. The lowest BCUT2D eigenvalue weighted by Crippen LogP contribution is -2.38. The number of thioether (sulfide) groups is 1. The Kier molecular flexibility index (Phi) is 8.97. The maximum atomic E-state index is 14.0. The number of hydrogen-bond donors (Lipinski definition) is 1. The molecule has 4 rings (SSSR count). The number of hydrogen-bond acceptors (Lipinski definition) is 6. The second kappa shape index (κ2) is 12.4. The number of nitrogens with zero attached hydrogens (tertiary/aromatic N) is 3. The van der Waals surface area contributed by atoms with Crippen molar-refractivity contribution in [2.24, 2.45) is 0 Å². The minimum atomic E-state index is -4.78. The third kappa shape index (κ3) is 7.23. The number of carbonyl (C=O) groups excluding carboxylic acids is 1. The van der Waals surface area contributed by atoms with Crippen LogP contribution in [0.5, 0.6) is 11.6 Å². The fourth-order valence-electron chi connectivity index (χ4n) is 3.98. The number of aryl methyl sites for hydroxylation is 1. The molecule has 0 fully saturated rings. The van der Waals surface area contributed by atoms with E-state index in [0.29, 0.717) is 16.2 Å². The molecule has 0 unspecified atom stereocenters. The van der Waals surface area contributed by atoms with Gasteiger partial charge in [-0.15, -0.1) is 11.8 Å². The van der Waals surface area contributed by atoms with Crippen LogP contribution in [0.25, 0.3) is 0 Å². The van der Waals surface area contributed by atoms with Gasteiger partial charge >= 0.3 is 12.1 Å². The van der Waals surface area contributed by atoms with Gasteiger partial charge in [0.1, 0.15) is 11.3 Å². The molecule has 0 aliphatic heterocycles. The molecule has 212 valence electrons. The smallest absolute Gasteiger partial charge is 0.421 e. The molecule has 2 heterocycles. The first-order chi connectivity index (χ1) is 19.4. The summed E-state index contributed by atoms with van der Waals surface area (Å²) in [6, 6.07) is 16.4. The Hall–Kier alpha value is -4.38. The van der Waals surface area contributed by atoms with Crippen molar-refractivity contribution >= 4 is 29.3 Å². The fourth-order valence-corrected chi connectivity index (χ4v) is 4.76. The number of ether oxygens (including phenoxy) is 1. The fraction of sp³-hybridized carbons (Fsp3) is 0.200. The normalized spacial score (nSPS) is 11.4. The number of carboxylic acid groups (broad SMARTS) is 1. The molecule has 2 aromatic carbocycles. The van der Waals surface area contributed by atoms with Gasteiger partial charge in [0.15, 0.2) is 0 Å². The molecule has 0 radical (unpaired) electrons. The number of aromatic carboxylic acids is 1. The van der Waals surface area contributed by atoms with Crippen molar-refractivity contribution in [1.82, 2.24) is 9.97 Å². The van der Waals surface area contributed by atoms with Gasteiger partial charge in [-0.05, 0) is 74.9 Å². The van der Waals surface area contributed by atoms with Crippen LogP contribution in [0.15, 0.2) is 84.1 Å². The zero-order chi connectivity index (χ0) is 29.7. The third-order valence-corrected chi connectivity index (χ3v) is 6.96. The number of rotatable bonds is 9. The van der Waals surface area contributed by atoms with Gasteiger partial charge in [-0.3, -0.25) is 4.79 Å². The molecule has 0 atom stereocenters. The molecule has 1 N–H and O–H groups in total. The Morgan fingerprint density at radius 3 is 2.37 bits per heavy atom. The lowest BCUT2D eigenvalue weighted by atomic mass is 10.1. The topological polar surface area (TPSA) is 92.6 Å². The van der Waals surface area contributed by atoms with Crippen molar-refractivity contribution in [3.63, 3.8) is 0 Å². The van der Waals surface area contributed by atoms with E-state index in [1.807, 2.05) is 6.92 Å². The summed E-state index contributed by atoms with van der Waals surface area (Å²) in [6.07, 6.45) is -1.92. The minimum absolute atomic E-state index is 0.0799. The van der Waals surface area contributed by atoms with Crippen molar-refractivity contribution in [3.8, 4) is 11.6 Å². The number of benzene rings is 2. The summed E-state index contributed by atoms with van der Waals surface area (Å²) in [7, 11) is 0. The second-order valence-corrected chi connectivity index (χ2v) is 10.4. The number of amides is 1. The molecule has 7 nitrogen and oxygen atoms in total. The van der Waals surface area contributed by atoms with Crippen molar-refractivity contribution in [1.29, 1.82) is 0 Å². The monoisotopic (exact) mass is 581 g/mol. The molecule has 0 saturated carbocycles. The van der Waals surface area contributed by atoms with Gasteiger partial charge in [0, 0.05) is 29.8 Å². The van der Waals surface area contributed by atoms with Crippen LogP contribution in [0.4, 0.5) is 18.9 Å². The third-order valence-electron chi connectivity index (χ3n) is 5.94. The number of carboxylic acids is 1. The zero-order valence-corrected chi connectivity index (χ0v) is 23.2. The summed E-state index contributed by atoms with van der Waals surface area (Å²) in [5.41, 5.74) is 0.295. The van der Waals surface area contributed by atoms with Crippen molar-refractivity contribution in [2.45, 2.75) is 43.8 Å². The van der Waals surface area contributed by atoms with Crippen molar-refractivity contribution in [2.75, 3.05) is 4.90 Å². The number of anilines is 1. The lowest BCUT2D eigenvalue weighted by Gasteiger charge is -2.28. The molecule has 0 bridgehead atoms. The standard InChI is InChI=1S/C30H26F3N3O4S/c1-18(2)36(28(37)21-9-7-19(3)8-10-21)25-12-11-22(15-23(25)29(38)39)40-27-24(30(31,32)33)14-20(16-35-27)17-41-26-6-4-5-13-34-26/h4-16,18H,17H2,1-3H3,(H,38,39). The van der Waals surface area contributed by atoms with E-state index in [0.717, 1.165) is 17.7 Å². The van der Waals surface area contributed by atoms with E-state index in [-0.39, 0.29) is 22.8 Å². The summed E-state index contributed by atoms with van der Waals surface area (Å²) < 4.78 is 47.4. The molecular weight excluding hydrogens is 555 g/mol. The maximum absolute atomic E-state index is 14.0. The van der Waals surface area contributed by atoms with Gasteiger partial charge in [-0.25, -0.2) is 14.8 Å². The van der Waals surface area contributed by atoms with E-state index in [4.69, 9.17) is 4.74 Å². The average Bonchev–Trinajstić information content (AvgIpc) is 2.93. The van der Waals surface area contributed by atoms with E-state index in [1.165, 1.54) is 35.0 Å². The highest BCUT2D eigenvalue weighted by Crippen LogP contribution is 2.39. The van der Waals surface area contributed by atoms with Gasteiger partial charge in [0.25, 0.3) is 5.91 Å². The first-order valence-corrected chi connectivity index (χ1v) is 13.5. The van der Waals surface area contributed by atoms with Gasteiger partial charge in [0.05, 0.1) is 16.3 Å².